The third-order valence-electron chi connectivity index (χ3n) is 2.77. The second kappa shape index (κ2) is 5.34. The van der Waals surface area contributed by atoms with Crippen LogP contribution in [0.5, 0.6) is 0 Å². The van der Waals surface area contributed by atoms with Crippen molar-refractivity contribution in [3.05, 3.63) is 0 Å². The van der Waals surface area contributed by atoms with Crippen molar-refractivity contribution in [3.63, 3.8) is 0 Å². The normalized spacial score (nSPS) is 30.7. The molecule has 0 amide bonds. The van der Waals surface area contributed by atoms with E-state index in [1.807, 2.05) is 0 Å². The van der Waals surface area contributed by atoms with E-state index in [9.17, 15) is 14.4 Å². The molecule has 7 nitrogen and oxygen atoms in total. The van der Waals surface area contributed by atoms with Crippen molar-refractivity contribution >= 4 is 17.9 Å². The van der Waals surface area contributed by atoms with E-state index in [-0.39, 0.29) is 12.8 Å². The number of hydrogen-bond donors (Lipinski definition) is 1. The Morgan fingerprint density at radius 2 is 1.44 bits per heavy atom. The molecule has 0 spiro atoms. The van der Waals surface area contributed by atoms with Crippen LogP contribution in [0.3, 0.4) is 0 Å². The van der Waals surface area contributed by atoms with E-state index in [1.54, 1.807) is 0 Å². The van der Waals surface area contributed by atoms with Crippen LogP contribution in [0.1, 0.15) is 26.7 Å². The molecule has 1 unspecified atom stereocenters. The van der Waals surface area contributed by atoms with Gasteiger partial charge in [-0.05, 0) is 0 Å². The van der Waals surface area contributed by atoms with Gasteiger partial charge in [0.15, 0.2) is 0 Å². The van der Waals surface area contributed by atoms with Crippen molar-refractivity contribution in [2.75, 3.05) is 7.11 Å². The fourth-order valence-electron chi connectivity index (χ4n) is 2.10. The third kappa shape index (κ3) is 3.19. The quantitative estimate of drug-likeness (QED) is 0.538. The van der Waals surface area contributed by atoms with E-state index in [1.165, 1.54) is 21.0 Å². The lowest BCUT2D eigenvalue weighted by Gasteiger charge is -2.19. The van der Waals surface area contributed by atoms with E-state index in [0.29, 0.717) is 0 Å². The lowest BCUT2D eigenvalue weighted by atomic mass is 9.99. The Bertz CT molecular complexity index is 343. The number of ether oxygens (including phenoxy) is 3. The van der Waals surface area contributed by atoms with Crippen LogP contribution >= 0.6 is 0 Å². The molecule has 1 aliphatic rings. The molecule has 1 saturated carbocycles. The number of methoxy groups -OCH3 is 1. The maximum Gasteiger partial charge on any atom is 0.326 e. The van der Waals surface area contributed by atoms with Gasteiger partial charge in [0.05, 0.1) is 7.11 Å². The zero-order chi connectivity index (χ0) is 13.9. The summed E-state index contributed by atoms with van der Waals surface area (Å²) in [5.41, 5.74) is 4.59. The van der Waals surface area contributed by atoms with E-state index in [2.05, 4.69) is 4.74 Å². The highest BCUT2D eigenvalue weighted by atomic mass is 16.6. The molecule has 0 aromatic carbocycles. The van der Waals surface area contributed by atoms with Crippen LogP contribution in [0.15, 0.2) is 0 Å². The van der Waals surface area contributed by atoms with Crippen LogP contribution in [-0.4, -0.2) is 42.8 Å². The molecule has 1 aliphatic carbocycles. The fourth-order valence-corrected chi connectivity index (χ4v) is 2.10. The molecule has 18 heavy (non-hydrogen) atoms. The molecule has 0 bridgehead atoms. The van der Waals surface area contributed by atoms with Crippen LogP contribution in [0.25, 0.3) is 0 Å². The Morgan fingerprint density at radius 1 is 1.06 bits per heavy atom. The molecular weight excluding hydrogens is 242 g/mol. The van der Waals surface area contributed by atoms with Crippen molar-refractivity contribution < 1.29 is 28.6 Å². The van der Waals surface area contributed by atoms with Gasteiger partial charge >= 0.3 is 17.9 Å². The van der Waals surface area contributed by atoms with Crippen LogP contribution in [0.4, 0.5) is 0 Å². The van der Waals surface area contributed by atoms with Gasteiger partial charge in [0.2, 0.25) is 0 Å². The minimum atomic E-state index is -1.30. The Kier molecular flexibility index (Phi) is 4.28. The standard InChI is InChI=1S/C11H17NO6/c1-6(13)17-8-4-11(12,10(15)16-3)5-9(8)18-7(2)14/h8-9H,4-5,12H2,1-3H3/t8-,9+,11?. The lowest BCUT2D eigenvalue weighted by Crippen LogP contribution is -2.47. The maximum absolute atomic E-state index is 11.6. The summed E-state index contributed by atoms with van der Waals surface area (Å²) in [5, 5.41) is 0. The highest BCUT2D eigenvalue weighted by Crippen LogP contribution is 2.33. The van der Waals surface area contributed by atoms with E-state index in [4.69, 9.17) is 15.2 Å². The summed E-state index contributed by atoms with van der Waals surface area (Å²) in [5.74, 6) is -1.66. The van der Waals surface area contributed by atoms with Crippen molar-refractivity contribution in [1.29, 1.82) is 0 Å². The molecule has 7 heteroatoms. The molecule has 0 saturated heterocycles. The van der Waals surface area contributed by atoms with Crippen molar-refractivity contribution in [2.24, 2.45) is 5.73 Å². The minimum absolute atomic E-state index is 0.0667. The summed E-state index contributed by atoms with van der Waals surface area (Å²) >= 11 is 0. The number of carbonyl (C=O) groups is 3. The van der Waals surface area contributed by atoms with Crippen LogP contribution in [-0.2, 0) is 28.6 Å². The molecule has 1 rings (SSSR count). The molecule has 0 heterocycles. The van der Waals surface area contributed by atoms with Crippen LogP contribution in [0.2, 0.25) is 0 Å². The summed E-state index contributed by atoms with van der Waals surface area (Å²) in [4.78, 5) is 33.5. The van der Waals surface area contributed by atoms with Crippen molar-refractivity contribution in [2.45, 2.75) is 44.4 Å². The molecule has 0 aromatic rings. The maximum atomic E-state index is 11.6. The number of nitrogens with two attached hydrogens (primary N) is 1. The molecule has 0 radical (unpaired) electrons. The van der Waals surface area contributed by atoms with E-state index < -0.39 is 35.7 Å². The Labute approximate surface area is 105 Å². The van der Waals surface area contributed by atoms with Gasteiger partial charge in [-0.2, -0.15) is 0 Å². The van der Waals surface area contributed by atoms with E-state index in [0.717, 1.165) is 0 Å². The topological polar surface area (TPSA) is 105 Å². The molecule has 2 N–H and O–H groups in total. The number of carbonyl (C=O) groups excluding carboxylic acids is 3. The van der Waals surface area contributed by atoms with Gasteiger partial charge in [-0.25, -0.2) is 0 Å². The summed E-state index contributed by atoms with van der Waals surface area (Å²) < 4.78 is 14.6. The number of rotatable bonds is 3. The first kappa shape index (κ1) is 14.4. The second-order valence-electron chi connectivity index (χ2n) is 4.35. The Balaban J connectivity index is 2.84. The molecule has 0 aromatic heterocycles. The summed E-state index contributed by atoms with van der Waals surface area (Å²) in [7, 11) is 1.22. The molecule has 0 aliphatic heterocycles. The Hall–Kier alpha value is -1.63. The largest absolute Gasteiger partial charge is 0.468 e. The van der Waals surface area contributed by atoms with E-state index >= 15 is 0 Å². The number of hydrogen-bond acceptors (Lipinski definition) is 7. The van der Waals surface area contributed by atoms with Gasteiger partial charge in [-0.3, -0.25) is 14.4 Å². The molecule has 102 valence electrons. The van der Waals surface area contributed by atoms with Gasteiger partial charge in [0.25, 0.3) is 0 Å². The van der Waals surface area contributed by atoms with Gasteiger partial charge in [0, 0.05) is 26.7 Å². The summed E-state index contributed by atoms with van der Waals surface area (Å²) in [6.45, 7) is 2.47. The average molecular weight is 259 g/mol. The first-order chi connectivity index (χ1) is 8.28. The summed E-state index contributed by atoms with van der Waals surface area (Å²) in [6, 6.07) is 0. The van der Waals surface area contributed by atoms with Gasteiger partial charge in [-0.1, -0.05) is 0 Å². The SMILES string of the molecule is COC(=O)C1(N)C[C@H](OC(C)=O)[C@H](OC(C)=O)C1. The van der Waals surface area contributed by atoms with Gasteiger partial charge in [-0.15, -0.1) is 0 Å². The lowest BCUT2D eigenvalue weighted by molar-refractivity contribution is -0.162. The predicted molar refractivity (Wildman–Crippen MR) is 59.3 cm³/mol. The summed E-state index contributed by atoms with van der Waals surface area (Å²) in [6.07, 6.45) is -1.32. The highest BCUT2D eigenvalue weighted by Gasteiger charge is 2.51. The highest BCUT2D eigenvalue weighted by molar-refractivity contribution is 5.81. The molecule has 3 atom stereocenters. The fraction of sp³-hybridized carbons (Fsp3) is 0.727. The predicted octanol–water partition coefficient (Wildman–Crippen LogP) is -0.486. The van der Waals surface area contributed by atoms with Gasteiger partial charge in [0.1, 0.15) is 17.7 Å². The zero-order valence-corrected chi connectivity index (χ0v) is 10.6. The smallest absolute Gasteiger partial charge is 0.326 e. The van der Waals surface area contributed by atoms with Crippen LogP contribution in [0, 0.1) is 0 Å². The van der Waals surface area contributed by atoms with Gasteiger partial charge < -0.3 is 19.9 Å². The van der Waals surface area contributed by atoms with Crippen LogP contribution < -0.4 is 5.73 Å². The molecular formula is C11H17NO6. The van der Waals surface area contributed by atoms with Crippen molar-refractivity contribution in [3.8, 4) is 0 Å². The van der Waals surface area contributed by atoms with Crippen molar-refractivity contribution in [1.82, 2.24) is 0 Å². The first-order valence-corrected chi connectivity index (χ1v) is 5.50. The zero-order valence-electron chi connectivity index (χ0n) is 10.6. The number of esters is 3. The molecule has 1 fully saturated rings. The first-order valence-electron chi connectivity index (χ1n) is 5.50. The third-order valence-corrected chi connectivity index (χ3v) is 2.77. The average Bonchev–Trinajstić information content (AvgIpc) is 2.53. The minimum Gasteiger partial charge on any atom is -0.468 e. The monoisotopic (exact) mass is 259 g/mol. The second-order valence-corrected chi connectivity index (χ2v) is 4.35. The Morgan fingerprint density at radius 3 is 1.72 bits per heavy atom.